The number of hydrogen-bond acceptors (Lipinski definition) is 4. The number of hydrogen-bond donors (Lipinski definition) is 0. The van der Waals surface area contributed by atoms with Gasteiger partial charge in [-0.2, -0.15) is 0 Å². The van der Waals surface area contributed by atoms with Crippen LogP contribution >= 0.6 is 39.1 Å². The highest BCUT2D eigenvalue weighted by Gasteiger charge is 2.14. The molecule has 0 N–H and O–H groups in total. The van der Waals surface area contributed by atoms with Crippen molar-refractivity contribution >= 4 is 50.9 Å². The Morgan fingerprint density at radius 3 is 2.28 bits per heavy atom. The summed E-state index contributed by atoms with van der Waals surface area (Å²) in [4.78, 5) is 22.4. The van der Waals surface area contributed by atoms with E-state index in [0.717, 1.165) is 0 Å². The number of carbonyl (C=O) groups is 2. The van der Waals surface area contributed by atoms with E-state index < -0.39 is 5.97 Å². The third kappa shape index (κ3) is 3.86. The summed E-state index contributed by atoms with van der Waals surface area (Å²) in [6, 6.07) is 2.87. The largest absolute Gasteiger partial charge is 0.479 e. The van der Waals surface area contributed by atoms with Crippen molar-refractivity contribution in [2.75, 3.05) is 19.0 Å². The number of methoxy groups -OCH3 is 1. The van der Waals surface area contributed by atoms with E-state index >= 15 is 0 Å². The van der Waals surface area contributed by atoms with E-state index in [1.54, 1.807) is 0 Å². The molecule has 0 spiro atoms. The lowest BCUT2D eigenvalue weighted by Crippen LogP contribution is -2.13. The quantitative estimate of drug-likeness (QED) is 0.462. The van der Waals surface area contributed by atoms with Crippen LogP contribution in [0, 0.1) is 0 Å². The predicted molar refractivity (Wildman–Crippen MR) is 72.1 cm³/mol. The van der Waals surface area contributed by atoms with Crippen molar-refractivity contribution in [1.29, 1.82) is 0 Å². The van der Waals surface area contributed by atoms with Crippen molar-refractivity contribution in [2.45, 2.75) is 0 Å². The molecule has 4 nitrogen and oxygen atoms in total. The van der Waals surface area contributed by atoms with Gasteiger partial charge in [-0.05, 0) is 12.1 Å². The summed E-state index contributed by atoms with van der Waals surface area (Å²) in [5, 5.41) is 0.494. The molecule has 0 amide bonds. The molecule has 7 heteroatoms. The zero-order chi connectivity index (χ0) is 13.7. The lowest BCUT2D eigenvalue weighted by molar-refractivity contribution is -0.142. The summed E-state index contributed by atoms with van der Waals surface area (Å²) in [6.45, 7) is -0.304. The zero-order valence-electron chi connectivity index (χ0n) is 9.34. The van der Waals surface area contributed by atoms with Crippen molar-refractivity contribution in [3.63, 3.8) is 0 Å². The van der Waals surface area contributed by atoms with Crippen LogP contribution < -0.4 is 4.74 Å². The van der Waals surface area contributed by atoms with Gasteiger partial charge in [-0.1, -0.05) is 39.1 Å². The Kier molecular flexibility index (Phi) is 5.91. The van der Waals surface area contributed by atoms with Crippen LogP contribution in [0.25, 0.3) is 0 Å². The summed E-state index contributed by atoms with van der Waals surface area (Å²) in [7, 11) is 1.24. The molecule has 0 saturated heterocycles. The molecule has 0 unspecified atom stereocenters. The molecule has 0 radical (unpaired) electrons. The van der Waals surface area contributed by atoms with Crippen LogP contribution in [0.3, 0.4) is 0 Å². The maximum Gasteiger partial charge on any atom is 0.343 e. The zero-order valence-corrected chi connectivity index (χ0v) is 12.4. The second kappa shape index (κ2) is 6.97. The van der Waals surface area contributed by atoms with E-state index in [2.05, 4.69) is 20.7 Å². The molecule has 0 aliphatic carbocycles. The van der Waals surface area contributed by atoms with Gasteiger partial charge in [0.2, 0.25) is 0 Å². The van der Waals surface area contributed by atoms with Gasteiger partial charge in [-0.25, -0.2) is 4.79 Å². The summed E-state index contributed by atoms with van der Waals surface area (Å²) in [6.07, 6.45) is 0. The Bertz CT molecular complexity index is 453. The second-order valence-electron chi connectivity index (χ2n) is 3.19. The van der Waals surface area contributed by atoms with E-state index in [4.69, 9.17) is 27.9 Å². The first-order valence-electron chi connectivity index (χ1n) is 4.77. The molecule has 0 aromatic heterocycles. The molecule has 0 bridgehead atoms. The molecule has 98 valence electrons. The Morgan fingerprint density at radius 1 is 1.28 bits per heavy atom. The molecular formula is C11H9BrCl2O4. The standard InChI is InChI=1S/C11H9BrCl2O4/c1-17-10(16)5-18-11-7(13)2-6(3-8(11)14)9(15)4-12/h2-3H,4-5H2,1H3. The van der Waals surface area contributed by atoms with E-state index in [-0.39, 0.29) is 33.5 Å². The fourth-order valence-corrected chi connectivity index (χ4v) is 2.05. The Balaban J connectivity index is 2.94. The van der Waals surface area contributed by atoms with E-state index in [0.29, 0.717) is 5.56 Å². The third-order valence-electron chi connectivity index (χ3n) is 2.00. The molecular weight excluding hydrogens is 347 g/mol. The number of benzene rings is 1. The number of Topliss-reactive ketones (excluding diaryl/α,β-unsaturated/α-hetero) is 1. The minimum absolute atomic E-state index is 0.148. The maximum atomic E-state index is 11.5. The number of carbonyl (C=O) groups excluding carboxylic acids is 2. The summed E-state index contributed by atoms with van der Waals surface area (Å²) in [5.74, 6) is -0.559. The number of halogens is 3. The van der Waals surface area contributed by atoms with Crippen LogP contribution in [0.2, 0.25) is 10.0 Å². The SMILES string of the molecule is COC(=O)COc1c(Cl)cc(C(=O)CBr)cc1Cl. The Morgan fingerprint density at radius 2 is 1.83 bits per heavy atom. The number of alkyl halides is 1. The van der Waals surface area contributed by atoms with Crippen LogP contribution in [-0.2, 0) is 9.53 Å². The third-order valence-corrected chi connectivity index (χ3v) is 3.07. The average Bonchev–Trinajstić information content (AvgIpc) is 2.36. The van der Waals surface area contributed by atoms with Gasteiger partial charge >= 0.3 is 5.97 Å². The highest BCUT2D eigenvalue weighted by Crippen LogP contribution is 2.34. The second-order valence-corrected chi connectivity index (χ2v) is 4.57. The predicted octanol–water partition coefficient (Wildman–Crippen LogP) is 3.12. The Hall–Kier alpha value is -0.780. The number of esters is 1. The lowest BCUT2D eigenvalue weighted by atomic mass is 10.1. The highest BCUT2D eigenvalue weighted by molar-refractivity contribution is 9.09. The molecule has 0 heterocycles. The molecule has 0 aliphatic rings. The van der Waals surface area contributed by atoms with E-state index in [1.165, 1.54) is 19.2 Å². The molecule has 0 aliphatic heterocycles. The Labute approximate surface area is 122 Å². The van der Waals surface area contributed by atoms with Crippen LogP contribution in [-0.4, -0.2) is 30.8 Å². The van der Waals surface area contributed by atoms with E-state index in [1.807, 2.05) is 0 Å². The summed E-state index contributed by atoms with van der Waals surface area (Å²) >= 11 is 14.9. The smallest absolute Gasteiger partial charge is 0.343 e. The monoisotopic (exact) mass is 354 g/mol. The van der Waals surface area contributed by atoms with Crippen molar-refractivity contribution < 1.29 is 19.1 Å². The van der Waals surface area contributed by atoms with Gasteiger partial charge < -0.3 is 9.47 Å². The molecule has 18 heavy (non-hydrogen) atoms. The minimum atomic E-state index is -0.553. The maximum absolute atomic E-state index is 11.5. The normalized spacial score (nSPS) is 10.0. The highest BCUT2D eigenvalue weighted by atomic mass is 79.9. The topological polar surface area (TPSA) is 52.6 Å². The number of ether oxygens (including phenoxy) is 2. The fraction of sp³-hybridized carbons (Fsp3) is 0.273. The van der Waals surface area contributed by atoms with E-state index in [9.17, 15) is 9.59 Å². The summed E-state index contributed by atoms with van der Waals surface area (Å²) in [5.41, 5.74) is 0.368. The average molecular weight is 356 g/mol. The van der Waals surface area contributed by atoms with Gasteiger partial charge in [-0.15, -0.1) is 0 Å². The van der Waals surface area contributed by atoms with Crippen LogP contribution in [0.15, 0.2) is 12.1 Å². The van der Waals surface area contributed by atoms with Gasteiger partial charge in [0, 0.05) is 5.56 Å². The van der Waals surface area contributed by atoms with Gasteiger partial charge in [0.1, 0.15) is 0 Å². The van der Waals surface area contributed by atoms with Crippen molar-refractivity contribution in [3.8, 4) is 5.75 Å². The molecule has 0 saturated carbocycles. The van der Waals surface area contributed by atoms with Gasteiger partial charge in [-0.3, -0.25) is 4.79 Å². The first-order chi connectivity index (χ1) is 8.49. The van der Waals surface area contributed by atoms with Crippen LogP contribution in [0.1, 0.15) is 10.4 Å². The van der Waals surface area contributed by atoms with Crippen molar-refractivity contribution in [3.05, 3.63) is 27.7 Å². The molecule has 1 rings (SSSR count). The van der Waals surface area contributed by atoms with Crippen LogP contribution in [0.4, 0.5) is 0 Å². The van der Waals surface area contributed by atoms with Gasteiger partial charge in [0.15, 0.2) is 18.1 Å². The van der Waals surface area contributed by atoms with Crippen LogP contribution in [0.5, 0.6) is 5.75 Å². The van der Waals surface area contributed by atoms with Gasteiger partial charge in [0.05, 0.1) is 22.5 Å². The first-order valence-corrected chi connectivity index (χ1v) is 6.65. The number of ketones is 1. The number of rotatable bonds is 5. The first kappa shape index (κ1) is 15.3. The summed E-state index contributed by atoms with van der Waals surface area (Å²) < 4.78 is 9.55. The molecule has 0 fully saturated rings. The van der Waals surface area contributed by atoms with Gasteiger partial charge in [0.25, 0.3) is 0 Å². The molecule has 0 atom stereocenters. The minimum Gasteiger partial charge on any atom is -0.479 e. The van der Waals surface area contributed by atoms with Crippen molar-refractivity contribution in [2.24, 2.45) is 0 Å². The lowest BCUT2D eigenvalue weighted by Gasteiger charge is -2.10. The molecule has 1 aromatic rings. The van der Waals surface area contributed by atoms with Crippen molar-refractivity contribution in [1.82, 2.24) is 0 Å². The fourth-order valence-electron chi connectivity index (χ4n) is 1.13. The molecule has 1 aromatic carbocycles.